The van der Waals surface area contributed by atoms with Gasteiger partial charge in [0.25, 0.3) is 5.91 Å². The predicted molar refractivity (Wildman–Crippen MR) is 125 cm³/mol. The van der Waals surface area contributed by atoms with Crippen molar-refractivity contribution in [3.63, 3.8) is 0 Å². The largest absolute Gasteiger partial charge is 0.490 e. The van der Waals surface area contributed by atoms with E-state index in [1.807, 2.05) is 51.1 Å². The number of hydrogen-bond acceptors (Lipinski definition) is 3. The summed E-state index contributed by atoms with van der Waals surface area (Å²) < 4.78 is 50.0. The summed E-state index contributed by atoms with van der Waals surface area (Å²) in [5.41, 5.74) is 2.24. The van der Waals surface area contributed by atoms with Crippen molar-refractivity contribution in [2.75, 3.05) is 24.7 Å². The van der Waals surface area contributed by atoms with Crippen molar-refractivity contribution in [1.29, 1.82) is 0 Å². The average Bonchev–Trinajstić information content (AvgIpc) is 3.08. The normalized spacial score (nSPS) is 14.6. The van der Waals surface area contributed by atoms with E-state index in [0.717, 1.165) is 28.9 Å². The second kappa shape index (κ2) is 9.05. The Labute approximate surface area is 196 Å². The van der Waals surface area contributed by atoms with Crippen LogP contribution in [0.1, 0.15) is 31.9 Å². The van der Waals surface area contributed by atoms with Gasteiger partial charge >= 0.3 is 6.18 Å². The number of rotatable bonds is 6. The highest BCUT2D eigenvalue weighted by molar-refractivity contribution is 5.97. The number of fused-ring (bicyclic) bond motifs is 1. The van der Waals surface area contributed by atoms with Crippen molar-refractivity contribution in [2.24, 2.45) is 0 Å². The van der Waals surface area contributed by atoms with Crippen LogP contribution in [0.15, 0.2) is 66.7 Å². The smallest absolute Gasteiger partial charge is 0.416 e. The summed E-state index contributed by atoms with van der Waals surface area (Å²) >= 11 is 0. The number of hydrogen-bond donors (Lipinski definition) is 0. The van der Waals surface area contributed by atoms with Crippen molar-refractivity contribution in [1.82, 2.24) is 0 Å². The van der Waals surface area contributed by atoms with Crippen molar-refractivity contribution in [3.05, 3.63) is 77.9 Å². The van der Waals surface area contributed by atoms with Crippen LogP contribution in [0, 0.1) is 0 Å². The monoisotopic (exact) mass is 469 g/mol. The van der Waals surface area contributed by atoms with E-state index >= 15 is 0 Å². The quantitative estimate of drug-likeness (QED) is 0.415. The van der Waals surface area contributed by atoms with Crippen LogP contribution in [-0.2, 0) is 16.4 Å². The SMILES string of the molecule is CCOc1ccccc1OCC(=O)N1CC(C)(C)c2cc(-c3ccc(C(F)(F)F)cc3)ccc21. The molecule has 0 unspecified atom stereocenters. The minimum absolute atomic E-state index is 0.139. The molecule has 4 rings (SSSR count). The molecule has 0 fully saturated rings. The van der Waals surface area contributed by atoms with Gasteiger partial charge in [-0.05, 0) is 60.0 Å². The Bertz CT molecular complexity index is 1190. The molecular weight excluding hydrogens is 443 g/mol. The van der Waals surface area contributed by atoms with E-state index in [2.05, 4.69) is 0 Å². The summed E-state index contributed by atoms with van der Waals surface area (Å²) in [6.07, 6.45) is -4.37. The molecule has 0 aromatic heterocycles. The van der Waals surface area contributed by atoms with Gasteiger partial charge < -0.3 is 14.4 Å². The fraction of sp³-hybridized carbons (Fsp3) is 0.296. The maximum Gasteiger partial charge on any atom is 0.416 e. The minimum Gasteiger partial charge on any atom is -0.490 e. The van der Waals surface area contributed by atoms with Gasteiger partial charge in [-0.3, -0.25) is 4.79 Å². The van der Waals surface area contributed by atoms with Crippen LogP contribution >= 0.6 is 0 Å². The molecule has 178 valence electrons. The highest BCUT2D eigenvalue weighted by Crippen LogP contribution is 2.43. The van der Waals surface area contributed by atoms with Gasteiger partial charge in [0.2, 0.25) is 0 Å². The highest BCUT2D eigenvalue weighted by Gasteiger charge is 2.38. The fourth-order valence-electron chi connectivity index (χ4n) is 4.19. The van der Waals surface area contributed by atoms with E-state index in [9.17, 15) is 18.0 Å². The molecule has 1 aliphatic heterocycles. The van der Waals surface area contributed by atoms with Crippen LogP contribution in [-0.4, -0.2) is 25.7 Å². The van der Waals surface area contributed by atoms with Gasteiger partial charge in [0.1, 0.15) is 0 Å². The molecular formula is C27H26F3NO3. The first-order valence-electron chi connectivity index (χ1n) is 11.1. The summed E-state index contributed by atoms with van der Waals surface area (Å²) in [6.45, 7) is 6.80. The molecule has 1 aliphatic rings. The van der Waals surface area contributed by atoms with Crippen LogP contribution in [0.25, 0.3) is 11.1 Å². The minimum atomic E-state index is -4.37. The van der Waals surface area contributed by atoms with E-state index in [1.165, 1.54) is 12.1 Å². The Morgan fingerprint density at radius 3 is 2.18 bits per heavy atom. The topological polar surface area (TPSA) is 38.8 Å². The Hall–Kier alpha value is -3.48. The van der Waals surface area contributed by atoms with E-state index in [4.69, 9.17) is 9.47 Å². The number of amides is 1. The lowest BCUT2D eigenvalue weighted by molar-refractivity contribution is -0.137. The summed E-state index contributed by atoms with van der Waals surface area (Å²) in [4.78, 5) is 14.8. The lowest BCUT2D eigenvalue weighted by Gasteiger charge is -2.21. The van der Waals surface area contributed by atoms with Crippen molar-refractivity contribution in [2.45, 2.75) is 32.4 Å². The number of anilines is 1. The Morgan fingerprint density at radius 1 is 0.941 bits per heavy atom. The number of benzene rings is 3. The summed E-state index contributed by atoms with van der Waals surface area (Å²) in [7, 11) is 0. The molecule has 1 heterocycles. The maximum atomic E-state index is 13.1. The molecule has 7 heteroatoms. The van der Waals surface area contributed by atoms with Crippen molar-refractivity contribution >= 4 is 11.6 Å². The Balaban J connectivity index is 1.55. The van der Waals surface area contributed by atoms with Gasteiger partial charge in [0.15, 0.2) is 18.1 Å². The lowest BCUT2D eigenvalue weighted by Crippen LogP contribution is -2.37. The van der Waals surface area contributed by atoms with Crippen molar-refractivity contribution < 1.29 is 27.4 Å². The first-order chi connectivity index (χ1) is 16.1. The number of para-hydroxylation sites is 2. The van der Waals surface area contributed by atoms with Crippen LogP contribution < -0.4 is 14.4 Å². The standard InChI is InChI=1S/C27H26F3NO3/c1-4-33-23-7-5-6-8-24(23)34-16-25(32)31-17-26(2,3)21-15-19(11-14-22(21)31)18-9-12-20(13-10-18)27(28,29)30/h5-15H,4,16-17H2,1-3H3. The third-order valence-corrected chi connectivity index (χ3v) is 5.92. The van der Waals surface area contributed by atoms with Crippen LogP contribution in [0.4, 0.5) is 18.9 Å². The molecule has 0 N–H and O–H groups in total. The van der Waals surface area contributed by atoms with Gasteiger partial charge in [-0.25, -0.2) is 0 Å². The molecule has 1 amide bonds. The second-order valence-corrected chi connectivity index (χ2v) is 8.84. The first-order valence-corrected chi connectivity index (χ1v) is 11.1. The fourth-order valence-corrected chi connectivity index (χ4v) is 4.19. The molecule has 3 aromatic rings. The van der Waals surface area contributed by atoms with E-state index in [0.29, 0.717) is 30.2 Å². The molecule has 34 heavy (non-hydrogen) atoms. The third kappa shape index (κ3) is 4.74. The first kappa shape index (κ1) is 23.7. The zero-order valence-electron chi connectivity index (χ0n) is 19.3. The molecule has 0 saturated carbocycles. The molecule has 4 nitrogen and oxygen atoms in total. The van der Waals surface area contributed by atoms with Gasteiger partial charge in [0.05, 0.1) is 12.2 Å². The van der Waals surface area contributed by atoms with Gasteiger partial charge in [-0.1, -0.05) is 44.2 Å². The number of carbonyl (C=O) groups excluding carboxylic acids is 1. The second-order valence-electron chi connectivity index (χ2n) is 8.84. The third-order valence-electron chi connectivity index (χ3n) is 5.92. The highest BCUT2D eigenvalue weighted by atomic mass is 19.4. The van der Waals surface area contributed by atoms with Crippen LogP contribution in [0.2, 0.25) is 0 Å². The molecule has 0 aliphatic carbocycles. The number of halogens is 3. The van der Waals surface area contributed by atoms with E-state index in [1.54, 1.807) is 17.0 Å². The summed E-state index contributed by atoms with van der Waals surface area (Å²) in [5.74, 6) is 0.913. The summed E-state index contributed by atoms with van der Waals surface area (Å²) in [6, 6.07) is 18.0. The van der Waals surface area contributed by atoms with E-state index in [-0.39, 0.29) is 17.9 Å². The van der Waals surface area contributed by atoms with Gasteiger partial charge in [-0.15, -0.1) is 0 Å². The zero-order valence-corrected chi connectivity index (χ0v) is 19.3. The van der Waals surface area contributed by atoms with Gasteiger partial charge in [0, 0.05) is 17.6 Å². The predicted octanol–water partition coefficient (Wildman–Crippen LogP) is 6.47. The number of ether oxygens (including phenoxy) is 2. The maximum absolute atomic E-state index is 13.1. The summed E-state index contributed by atoms with van der Waals surface area (Å²) in [5, 5.41) is 0. The molecule has 0 bridgehead atoms. The molecule has 0 atom stereocenters. The van der Waals surface area contributed by atoms with E-state index < -0.39 is 11.7 Å². The molecule has 0 spiro atoms. The van der Waals surface area contributed by atoms with Crippen LogP contribution in [0.3, 0.4) is 0 Å². The molecule has 0 radical (unpaired) electrons. The lowest BCUT2D eigenvalue weighted by atomic mass is 9.85. The van der Waals surface area contributed by atoms with Crippen LogP contribution in [0.5, 0.6) is 11.5 Å². The van der Waals surface area contributed by atoms with Crippen molar-refractivity contribution in [3.8, 4) is 22.6 Å². The molecule has 0 saturated heterocycles. The number of nitrogens with zero attached hydrogens (tertiary/aromatic N) is 1. The number of alkyl halides is 3. The number of carbonyl (C=O) groups is 1. The Kier molecular flexibility index (Phi) is 6.30. The molecule has 3 aromatic carbocycles. The van der Waals surface area contributed by atoms with Gasteiger partial charge in [-0.2, -0.15) is 13.2 Å². The Morgan fingerprint density at radius 2 is 1.56 bits per heavy atom. The zero-order chi connectivity index (χ0) is 24.5. The average molecular weight is 470 g/mol.